The first-order valence-electron chi connectivity index (χ1n) is 8.11. The van der Waals surface area contributed by atoms with E-state index in [9.17, 15) is 4.39 Å². The highest BCUT2D eigenvalue weighted by Gasteiger charge is 2.15. The summed E-state index contributed by atoms with van der Waals surface area (Å²) in [7, 11) is 1.97. The summed E-state index contributed by atoms with van der Waals surface area (Å²) in [5, 5.41) is 2.24. The van der Waals surface area contributed by atoms with Gasteiger partial charge in [0.25, 0.3) is 0 Å². The van der Waals surface area contributed by atoms with Gasteiger partial charge in [0.1, 0.15) is 11.4 Å². The number of hydrogen-bond acceptors (Lipinski definition) is 2. The Bertz CT molecular complexity index is 1020. The second-order valence-electron chi connectivity index (χ2n) is 5.94. The molecule has 3 aromatic carbocycles. The van der Waals surface area contributed by atoms with Crippen molar-refractivity contribution in [2.45, 2.75) is 13.3 Å². The Kier molecular flexibility index (Phi) is 3.49. The van der Waals surface area contributed by atoms with E-state index in [4.69, 9.17) is 4.42 Å². The predicted molar refractivity (Wildman–Crippen MR) is 97.6 cm³/mol. The van der Waals surface area contributed by atoms with Gasteiger partial charge in [0.05, 0.1) is 5.69 Å². The molecule has 0 aliphatic heterocycles. The third-order valence-corrected chi connectivity index (χ3v) is 4.54. The van der Waals surface area contributed by atoms with Crippen LogP contribution in [-0.2, 0) is 6.42 Å². The van der Waals surface area contributed by atoms with Gasteiger partial charge in [-0.05, 0) is 42.3 Å². The smallest absolute Gasteiger partial charge is 0.159 e. The maximum atomic E-state index is 13.2. The number of aryl methyl sites for hydroxylation is 1. The largest absolute Gasteiger partial charge is 0.454 e. The molecule has 0 unspecified atom stereocenters. The molecule has 0 aliphatic carbocycles. The van der Waals surface area contributed by atoms with E-state index in [2.05, 4.69) is 31.2 Å². The van der Waals surface area contributed by atoms with Gasteiger partial charge in [-0.15, -0.1) is 0 Å². The third-order valence-electron chi connectivity index (χ3n) is 4.54. The molecular weight excluding hydrogens is 301 g/mol. The number of anilines is 2. The lowest BCUT2D eigenvalue weighted by Gasteiger charge is -2.19. The monoisotopic (exact) mass is 319 g/mol. The summed E-state index contributed by atoms with van der Waals surface area (Å²) < 4.78 is 19.4. The SMILES string of the molecule is CCc1cccc2c1oc1c(N(C)c3ccc(F)cc3)cccc12. The molecule has 0 radical (unpaired) electrons. The molecule has 0 aliphatic rings. The van der Waals surface area contributed by atoms with E-state index in [1.165, 1.54) is 17.7 Å². The number of rotatable bonds is 3. The first-order valence-corrected chi connectivity index (χ1v) is 8.11. The number of hydrogen-bond donors (Lipinski definition) is 0. The standard InChI is InChI=1S/C21H18FNO/c1-3-14-6-4-7-17-18-8-5-9-19(21(18)24-20(14)17)23(2)16-12-10-15(22)11-13-16/h4-13H,3H2,1-2H3. The molecule has 0 N–H and O–H groups in total. The molecule has 0 spiro atoms. The van der Waals surface area contributed by atoms with Gasteiger partial charge in [0.15, 0.2) is 5.58 Å². The summed E-state index contributed by atoms with van der Waals surface area (Å²) in [6, 6.07) is 18.9. The van der Waals surface area contributed by atoms with Crippen LogP contribution in [0, 0.1) is 5.82 Å². The van der Waals surface area contributed by atoms with Gasteiger partial charge in [-0.2, -0.15) is 0 Å². The molecule has 1 heterocycles. The first kappa shape index (κ1) is 14.8. The van der Waals surface area contributed by atoms with Crippen LogP contribution in [0.3, 0.4) is 0 Å². The Morgan fingerprint density at radius 2 is 1.54 bits per heavy atom. The number of fused-ring (bicyclic) bond motifs is 3. The molecule has 0 bridgehead atoms. The fourth-order valence-electron chi connectivity index (χ4n) is 3.21. The van der Waals surface area contributed by atoms with Crippen LogP contribution in [0.4, 0.5) is 15.8 Å². The van der Waals surface area contributed by atoms with Crippen molar-refractivity contribution in [1.82, 2.24) is 0 Å². The van der Waals surface area contributed by atoms with E-state index in [0.717, 1.165) is 39.7 Å². The fraction of sp³-hybridized carbons (Fsp3) is 0.143. The van der Waals surface area contributed by atoms with Crippen molar-refractivity contribution in [2.24, 2.45) is 0 Å². The highest BCUT2D eigenvalue weighted by molar-refractivity contribution is 6.10. The summed E-state index contributed by atoms with van der Waals surface area (Å²) in [5.74, 6) is -0.235. The molecule has 2 nitrogen and oxygen atoms in total. The molecule has 4 rings (SSSR count). The minimum Gasteiger partial charge on any atom is -0.454 e. The molecule has 1 aromatic heterocycles. The summed E-state index contributed by atoms with van der Waals surface area (Å²) >= 11 is 0. The maximum absolute atomic E-state index is 13.2. The van der Waals surface area contributed by atoms with Crippen molar-refractivity contribution in [3.05, 3.63) is 72.0 Å². The normalized spacial score (nSPS) is 11.3. The van der Waals surface area contributed by atoms with Crippen molar-refractivity contribution in [1.29, 1.82) is 0 Å². The van der Waals surface area contributed by atoms with E-state index >= 15 is 0 Å². The van der Waals surface area contributed by atoms with Crippen molar-refractivity contribution in [3.63, 3.8) is 0 Å². The summed E-state index contributed by atoms with van der Waals surface area (Å²) in [5.41, 5.74) is 4.91. The highest BCUT2D eigenvalue weighted by atomic mass is 19.1. The first-order chi connectivity index (χ1) is 11.7. The molecule has 3 heteroatoms. The lowest BCUT2D eigenvalue weighted by Crippen LogP contribution is -2.09. The van der Waals surface area contributed by atoms with E-state index in [1.807, 2.05) is 24.1 Å². The second-order valence-corrected chi connectivity index (χ2v) is 5.94. The van der Waals surface area contributed by atoms with Gasteiger partial charge in [0.2, 0.25) is 0 Å². The molecule has 24 heavy (non-hydrogen) atoms. The van der Waals surface area contributed by atoms with Crippen LogP contribution in [0.25, 0.3) is 21.9 Å². The van der Waals surface area contributed by atoms with Crippen molar-refractivity contribution < 1.29 is 8.81 Å². The zero-order valence-electron chi connectivity index (χ0n) is 13.7. The van der Waals surface area contributed by atoms with Gasteiger partial charge >= 0.3 is 0 Å². The summed E-state index contributed by atoms with van der Waals surface area (Å²) in [6.07, 6.45) is 0.931. The van der Waals surface area contributed by atoms with E-state index in [1.54, 1.807) is 12.1 Å². The van der Waals surface area contributed by atoms with Gasteiger partial charge < -0.3 is 9.32 Å². The molecule has 0 atom stereocenters. The van der Waals surface area contributed by atoms with Crippen LogP contribution in [0.1, 0.15) is 12.5 Å². The summed E-state index contributed by atoms with van der Waals surface area (Å²) in [4.78, 5) is 2.02. The van der Waals surface area contributed by atoms with Gasteiger partial charge in [-0.25, -0.2) is 4.39 Å². The molecule has 0 saturated carbocycles. The Labute approximate surface area is 140 Å². The number of para-hydroxylation sites is 2. The van der Waals surface area contributed by atoms with Crippen LogP contribution < -0.4 is 4.90 Å². The average Bonchev–Trinajstić information content (AvgIpc) is 3.00. The maximum Gasteiger partial charge on any atom is 0.159 e. The zero-order valence-corrected chi connectivity index (χ0v) is 13.7. The van der Waals surface area contributed by atoms with Crippen LogP contribution >= 0.6 is 0 Å². The van der Waals surface area contributed by atoms with E-state index < -0.39 is 0 Å². The minimum atomic E-state index is -0.235. The fourth-order valence-corrected chi connectivity index (χ4v) is 3.21. The Morgan fingerprint density at radius 3 is 2.25 bits per heavy atom. The third kappa shape index (κ3) is 2.24. The Hall–Kier alpha value is -2.81. The van der Waals surface area contributed by atoms with Crippen molar-refractivity contribution >= 4 is 33.3 Å². The Balaban J connectivity index is 1.94. The average molecular weight is 319 g/mol. The summed E-state index contributed by atoms with van der Waals surface area (Å²) in [6.45, 7) is 2.13. The number of nitrogens with zero attached hydrogens (tertiary/aromatic N) is 1. The van der Waals surface area contributed by atoms with Crippen LogP contribution in [0.5, 0.6) is 0 Å². The molecule has 0 amide bonds. The van der Waals surface area contributed by atoms with Crippen molar-refractivity contribution in [2.75, 3.05) is 11.9 Å². The van der Waals surface area contributed by atoms with Crippen LogP contribution in [0.2, 0.25) is 0 Å². The second kappa shape index (κ2) is 5.68. The number of furan rings is 1. The highest BCUT2D eigenvalue weighted by Crippen LogP contribution is 2.38. The van der Waals surface area contributed by atoms with Crippen molar-refractivity contribution in [3.8, 4) is 0 Å². The molecule has 4 aromatic rings. The lowest BCUT2D eigenvalue weighted by atomic mass is 10.1. The van der Waals surface area contributed by atoms with Crippen LogP contribution in [0.15, 0.2) is 65.1 Å². The van der Waals surface area contributed by atoms with E-state index in [0.29, 0.717) is 0 Å². The van der Waals surface area contributed by atoms with Gasteiger partial charge in [0, 0.05) is 23.5 Å². The minimum absolute atomic E-state index is 0.235. The zero-order chi connectivity index (χ0) is 16.7. The molecule has 120 valence electrons. The van der Waals surface area contributed by atoms with Gasteiger partial charge in [-0.1, -0.05) is 37.3 Å². The topological polar surface area (TPSA) is 16.4 Å². The molecule has 0 fully saturated rings. The molecule has 0 saturated heterocycles. The quantitative estimate of drug-likeness (QED) is 0.456. The Morgan fingerprint density at radius 1 is 0.875 bits per heavy atom. The molecular formula is C21H18FNO. The van der Waals surface area contributed by atoms with Gasteiger partial charge in [-0.3, -0.25) is 0 Å². The van der Waals surface area contributed by atoms with E-state index in [-0.39, 0.29) is 5.82 Å². The number of benzene rings is 3. The predicted octanol–water partition coefficient (Wildman–Crippen LogP) is 6.06. The lowest BCUT2D eigenvalue weighted by molar-refractivity contribution is 0.628. The number of halogens is 1. The van der Waals surface area contributed by atoms with Crippen LogP contribution in [-0.4, -0.2) is 7.05 Å².